The minimum atomic E-state index is -0.342. The first-order valence-corrected chi connectivity index (χ1v) is 9.94. The van der Waals surface area contributed by atoms with Crippen LogP contribution in [0.1, 0.15) is 64.2 Å². The molecule has 0 saturated carbocycles. The summed E-state index contributed by atoms with van der Waals surface area (Å²) >= 11 is 0. The van der Waals surface area contributed by atoms with Crippen molar-refractivity contribution >= 4 is 30.1 Å². The van der Waals surface area contributed by atoms with Crippen molar-refractivity contribution in [2.45, 2.75) is 45.3 Å². The maximum Gasteiger partial charge on any atom is 0.261 e. The average molecular weight is 422 g/mol. The lowest BCUT2D eigenvalue weighted by molar-refractivity contribution is 0.0475. The number of carbonyl (C=O) groups excluding carboxylic acids is 3. The van der Waals surface area contributed by atoms with Gasteiger partial charge in [0.05, 0.1) is 23.8 Å². The van der Waals surface area contributed by atoms with Gasteiger partial charge in [0.25, 0.3) is 17.7 Å². The van der Waals surface area contributed by atoms with Gasteiger partial charge >= 0.3 is 0 Å². The molecule has 2 saturated heterocycles. The van der Waals surface area contributed by atoms with Gasteiger partial charge in [0, 0.05) is 31.3 Å². The van der Waals surface area contributed by atoms with E-state index in [0.29, 0.717) is 36.4 Å². The standard InChI is InChI=1S/C21H27N3O4.ClH/c1-21(2)12-23(8-7-17(21)22)18(25)13-5-6-15-16(10-13)20(27)24(19(15)26)11-14-4-3-9-28-14;/h5-6,10,14,17H,3-4,7-9,11-12,22H2,1-2H3;1H. The number of benzene rings is 1. The van der Waals surface area contributed by atoms with Crippen molar-refractivity contribution in [3.8, 4) is 0 Å². The summed E-state index contributed by atoms with van der Waals surface area (Å²) in [6.45, 7) is 6.23. The average Bonchev–Trinajstić information content (AvgIpc) is 3.26. The highest BCUT2D eigenvalue weighted by atomic mass is 35.5. The second kappa shape index (κ2) is 8.05. The lowest BCUT2D eigenvalue weighted by atomic mass is 9.79. The third kappa shape index (κ3) is 3.91. The minimum absolute atomic E-state index is 0. The maximum absolute atomic E-state index is 13.0. The first kappa shape index (κ1) is 21.7. The van der Waals surface area contributed by atoms with Crippen LogP contribution in [0.5, 0.6) is 0 Å². The fourth-order valence-electron chi connectivity index (χ4n) is 4.31. The Kier molecular flexibility index (Phi) is 6.03. The summed E-state index contributed by atoms with van der Waals surface area (Å²) in [5, 5.41) is 0. The van der Waals surface area contributed by atoms with Gasteiger partial charge in [-0.3, -0.25) is 19.3 Å². The molecule has 3 amide bonds. The summed E-state index contributed by atoms with van der Waals surface area (Å²) < 4.78 is 5.56. The molecule has 158 valence electrons. The van der Waals surface area contributed by atoms with Crippen molar-refractivity contribution in [2.75, 3.05) is 26.2 Å². The smallest absolute Gasteiger partial charge is 0.261 e. The molecular formula is C21H28ClN3O4. The number of likely N-dealkylation sites (tertiary alicyclic amines) is 1. The van der Waals surface area contributed by atoms with Crippen LogP contribution in [0.25, 0.3) is 0 Å². The summed E-state index contributed by atoms with van der Waals surface area (Å²) in [5.74, 6) is -0.772. The SMILES string of the molecule is CC1(C)CN(C(=O)c2ccc3c(c2)C(=O)N(CC2CCCO2)C3=O)CCC1N.Cl. The van der Waals surface area contributed by atoms with Gasteiger partial charge in [0.1, 0.15) is 0 Å². The van der Waals surface area contributed by atoms with Crippen LogP contribution in [0.15, 0.2) is 18.2 Å². The molecule has 2 atom stereocenters. The number of carbonyl (C=O) groups is 3. The van der Waals surface area contributed by atoms with Crippen LogP contribution in [0.3, 0.4) is 0 Å². The largest absolute Gasteiger partial charge is 0.376 e. The first-order chi connectivity index (χ1) is 13.3. The second-order valence-corrected chi connectivity index (χ2v) is 8.73. The summed E-state index contributed by atoms with van der Waals surface area (Å²) in [6, 6.07) is 4.86. The molecule has 4 rings (SSSR count). The monoisotopic (exact) mass is 421 g/mol. The van der Waals surface area contributed by atoms with Gasteiger partial charge in [0.2, 0.25) is 0 Å². The quantitative estimate of drug-likeness (QED) is 0.754. The summed E-state index contributed by atoms with van der Waals surface area (Å²) in [6.07, 6.45) is 2.45. The molecular weight excluding hydrogens is 394 g/mol. The number of halogens is 1. The molecule has 3 aliphatic heterocycles. The van der Waals surface area contributed by atoms with Gasteiger partial charge in [-0.15, -0.1) is 12.4 Å². The number of nitrogens with two attached hydrogens (primary N) is 1. The lowest BCUT2D eigenvalue weighted by Crippen LogP contribution is -2.54. The lowest BCUT2D eigenvalue weighted by Gasteiger charge is -2.42. The highest BCUT2D eigenvalue weighted by Gasteiger charge is 2.39. The Bertz CT molecular complexity index is 835. The Balaban J connectivity index is 0.00000240. The van der Waals surface area contributed by atoms with Gasteiger partial charge in [-0.1, -0.05) is 13.8 Å². The van der Waals surface area contributed by atoms with Crippen molar-refractivity contribution in [1.82, 2.24) is 9.80 Å². The number of rotatable bonds is 3. The highest BCUT2D eigenvalue weighted by molar-refractivity contribution is 6.22. The number of hydrogen-bond donors (Lipinski definition) is 1. The zero-order valence-corrected chi connectivity index (χ0v) is 17.7. The van der Waals surface area contributed by atoms with Crippen LogP contribution >= 0.6 is 12.4 Å². The fraction of sp³-hybridized carbons (Fsp3) is 0.571. The molecule has 1 aromatic carbocycles. The van der Waals surface area contributed by atoms with Crippen molar-refractivity contribution in [3.05, 3.63) is 34.9 Å². The minimum Gasteiger partial charge on any atom is -0.376 e. The maximum atomic E-state index is 13.0. The van der Waals surface area contributed by atoms with Crippen molar-refractivity contribution < 1.29 is 19.1 Å². The van der Waals surface area contributed by atoms with Gasteiger partial charge in [-0.25, -0.2) is 0 Å². The van der Waals surface area contributed by atoms with E-state index in [1.165, 1.54) is 4.90 Å². The summed E-state index contributed by atoms with van der Waals surface area (Å²) in [5.41, 5.74) is 7.11. The third-order valence-corrected chi connectivity index (χ3v) is 6.23. The van der Waals surface area contributed by atoms with Crippen molar-refractivity contribution in [2.24, 2.45) is 11.1 Å². The van der Waals surface area contributed by atoms with Gasteiger partial charge in [0.15, 0.2) is 0 Å². The third-order valence-electron chi connectivity index (χ3n) is 6.23. The molecule has 2 unspecified atom stereocenters. The highest BCUT2D eigenvalue weighted by Crippen LogP contribution is 2.30. The van der Waals surface area contributed by atoms with Crippen LogP contribution < -0.4 is 5.73 Å². The zero-order chi connectivity index (χ0) is 20.1. The molecule has 0 spiro atoms. The van der Waals surface area contributed by atoms with E-state index in [2.05, 4.69) is 13.8 Å². The zero-order valence-electron chi connectivity index (χ0n) is 16.8. The van der Waals surface area contributed by atoms with E-state index in [-0.39, 0.29) is 54.2 Å². The van der Waals surface area contributed by atoms with Gasteiger partial charge in [-0.2, -0.15) is 0 Å². The number of nitrogens with zero attached hydrogens (tertiary/aromatic N) is 2. The van der Waals surface area contributed by atoms with E-state index in [1.807, 2.05) is 0 Å². The molecule has 0 bridgehead atoms. The van der Waals surface area contributed by atoms with Crippen LogP contribution in [-0.2, 0) is 4.74 Å². The van der Waals surface area contributed by atoms with E-state index >= 15 is 0 Å². The molecule has 29 heavy (non-hydrogen) atoms. The molecule has 2 fully saturated rings. The molecule has 0 aliphatic carbocycles. The summed E-state index contributed by atoms with van der Waals surface area (Å²) in [7, 11) is 0. The molecule has 1 aromatic rings. The molecule has 0 radical (unpaired) electrons. The van der Waals surface area contributed by atoms with E-state index in [0.717, 1.165) is 19.3 Å². The number of piperidine rings is 1. The Hall–Kier alpha value is -1.96. The molecule has 3 heterocycles. The second-order valence-electron chi connectivity index (χ2n) is 8.73. The van der Waals surface area contributed by atoms with Gasteiger partial charge in [-0.05, 0) is 42.9 Å². The topological polar surface area (TPSA) is 92.9 Å². The molecule has 3 aliphatic rings. The summed E-state index contributed by atoms with van der Waals surface area (Å²) in [4.78, 5) is 41.5. The van der Waals surface area contributed by atoms with E-state index in [1.54, 1.807) is 23.1 Å². The number of fused-ring (bicyclic) bond motifs is 1. The normalized spacial score (nSPS) is 25.8. The number of imide groups is 1. The Labute approximate surface area is 176 Å². The van der Waals surface area contributed by atoms with Gasteiger partial charge < -0.3 is 15.4 Å². The van der Waals surface area contributed by atoms with E-state index in [9.17, 15) is 14.4 Å². The molecule has 8 heteroatoms. The van der Waals surface area contributed by atoms with Crippen LogP contribution in [0.2, 0.25) is 0 Å². The number of ether oxygens (including phenoxy) is 1. The molecule has 7 nitrogen and oxygen atoms in total. The van der Waals surface area contributed by atoms with Crippen LogP contribution in [-0.4, -0.2) is 65.9 Å². The number of amides is 3. The number of hydrogen-bond acceptors (Lipinski definition) is 5. The van der Waals surface area contributed by atoms with Crippen molar-refractivity contribution in [1.29, 1.82) is 0 Å². The van der Waals surface area contributed by atoms with Crippen molar-refractivity contribution in [3.63, 3.8) is 0 Å². The molecule has 2 N–H and O–H groups in total. The molecule has 0 aromatic heterocycles. The fourth-order valence-corrected chi connectivity index (χ4v) is 4.31. The van der Waals surface area contributed by atoms with E-state index < -0.39 is 0 Å². The Morgan fingerprint density at radius 2 is 1.93 bits per heavy atom. The van der Waals surface area contributed by atoms with Crippen LogP contribution in [0.4, 0.5) is 0 Å². The van der Waals surface area contributed by atoms with Crippen LogP contribution in [0, 0.1) is 5.41 Å². The van der Waals surface area contributed by atoms with E-state index in [4.69, 9.17) is 10.5 Å². The first-order valence-electron chi connectivity index (χ1n) is 9.94. The Morgan fingerprint density at radius 3 is 2.59 bits per heavy atom. The predicted molar refractivity (Wildman–Crippen MR) is 110 cm³/mol. The Morgan fingerprint density at radius 1 is 1.21 bits per heavy atom. The predicted octanol–water partition coefficient (Wildman–Crippen LogP) is 2.08.